The predicted octanol–water partition coefficient (Wildman–Crippen LogP) is 1.66. The van der Waals surface area contributed by atoms with Crippen LogP contribution < -0.4 is 11.2 Å². The summed E-state index contributed by atoms with van der Waals surface area (Å²) in [5.74, 6) is -3.84. The van der Waals surface area contributed by atoms with Crippen LogP contribution in [-0.4, -0.2) is 63.0 Å². The summed E-state index contributed by atoms with van der Waals surface area (Å²) < 4.78 is 34.9. The number of aromatic nitrogens is 1. The molecule has 4 heterocycles. The van der Waals surface area contributed by atoms with E-state index in [4.69, 9.17) is 15.3 Å². The topological polar surface area (TPSA) is 127 Å². The van der Waals surface area contributed by atoms with E-state index in [1.54, 1.807) is 4.90 Å². The van der Waals surface area contributed by atoms with Crippen LogP contribution in [0.4, 0.5) is 8.78 Å². The number of carbonyl (C=O) groups is 2. The van der Waals surface area contributed by atoms with E-state index in [1.165, 1.54) is 29.0 Å². The number of hydroxylamine groups is 2. The third-order valence-corrected chi connectivity index (χ3v) is 7.52. The van der Waals surface area contributed by atoms with Crippen molar-refractivity contribution < 1.29 is 33.1 Å². The van der Waals surface area contributed by atoms with E-state index in [-0.39, 0.29) is 30.4 Å². The Morgan fingerprint density at radius 1 is 1.33 bits per heavy atom. The minimum atomic E-state index is -1.04. The third-order valence-electron chi connectivity index (χ3n) is 7.52. The quantitative estimate of drug-likeness (QED) is 0.648. The Labute approximate surface area is 204 Å². The first-order chi connectivity index (χ1) is 17.1. The number of carbonyl (C=O) groups excluding carboxylic acids is 2. The van der Waals surface area contributed by atoms with Crippen molar-refractivity contribution >= 4 is 11.8 Å². The smallest absolute Gasteiger partial charge is 0.274 e. The molecule has 2 bridgehead atoms. The molecule has 36 heavy (non-hydrogen) atoms. The lowest BCUT2D eigenvalue weighted by atomic mass is 9.85. The lowest BCUT2D eigenvalue weighted by Crippen LogP contribution is -2.52. The molecular formula is C24H26F2N4O6. The van der Waals surface area contributed by atoms with E-state index in [0.717, 1.165) is 12.1 Å². The van der Waals surface area contributed by atoms with Crippen LogP contribution in [0.5, 0.6) is 5.75 Å². The van der Waals surface area contributed by atoms with Crippen molar-refractivity contribution in [2.75, 3.05) is 13.7 Å². The van der Waals surface area contributed by atoms with Gasteiger partial charge < -0.3 is 25.0 Å². The maximum atomic E-state index is 14.4. The molecule has 2 amide bonds. The number of nitrogens with zero attached hydrogens (tertiary/aromatic N) is 3. The lowest BCUT2D eigenvalue weighted by Gasteiger charge is -2.42. The van der Waals surface area contributed by atoms with Crippen LogP contribution in [0.25, 0.3) is 0 Å². The molecule has 0 saturated carbocycles. The highest BCUT2D eigenvalue weighted by Gasteiger charge is 2.56. The van der Waals surface area contributed by atoms with E-state index in [9.17, 15) is 28.3 Å². The zero-order chi connectivity index (χ0) is 25.9. The fourth-order valence-electron chi connectivity index (χ4n) is 5.55. The van der Waals surface area contributed by atoms with Crippen LogP contribution in [0, 0.1) is 11.6 Å². The third kappa shape index (κ3) is 3.67. The van der Waals surface area contributed by atoms with Crippen molar-refractivity contribution in [3.63, 3.8) is 0 Å². The summed E-state index contributed by atoms with van der Waals surface area (Å²) in [6.07, 6.45) is 1.90. The van der Waals surface area contributed by atoms with Gasteiger partial charge in [-0.05, 0) is 25.8 Å². The van der Waals surface area contributed by atoms with Gasteiger partial charge in [-0.25, -0.2) is 8.78 Å². The monoisotopic (exact) mass is 504 g/mol. The molecule has 3 aliphatic heterocycles. The van der Waals surface area contributed by atoms with Crippen molar-refractivity contribution in [2.24, 2.45) is 5.73 Å². The maximum Gasteiger partial charge on any atom is 0.274 e. The van der Waals surface area contributed by atoms with Gasteiger partial charge in [0.05, 0.1) is 12.6 Å². The second kappa shape index (κ2) is 8.64. The Morgan fingerprint density at radius 3 is 2.75 bits per heavy atom. The molecule has 0 aliphatic carbocycles. The first-order valence-electron chi connectivity index (χ1n) is 11.6. The number of nitrogens with two attached hydrogens (primary N) is 1. The first kappa shape index (κ1) is 24.3. The van der Waals surface area contributed by atoms with Gasteiger partial charge in [-0.2, -0.15) is 5.06 Å². The summed E-state index contributed by atoms with van der Waals surface area (Å²) in [6.45, 7) is 2.01. The number of halogens is 2. The number of fused-ring (bicyclic) bond motifs is 5. The molecule has 3 N–H and O–H groups in total. The van der Waals surface area contributed by atoms with Crippen LogP contribution in [0.3, 0.4) is 0 Å². The number of rotatable bonds is 4. The Bertz CT molecular complexity index is 1320. The molecule has 192 valence electrons. The van der Waals surface area contributed by atoms with E-state index in [2.05, 4.69) is 0 Å². The molecule has 3 aliphatic rings. The van der Waals surface area contributed by atoms with Gasteiger partial charge >= 0.3 is 0 Å². The molecule has 4 atom stereocenters. The van der Waals surface area contributed by atoms with Crippen molar-refractivity contribution in [1.29, 1.82) is 0 Å². The van der Waals surface area contributed by atoms with Gasteiger partial charge in [-0.1, -0.05) is 6.07 Å². The molecule has 0 radical (unpaired) electrons. The van der Waals surface area contributed by atoms with Crippen molar-refractivity contribution in [3.05, 3.63) is 63.1 Å². The number of benzene rings is 1. The summed E-state index contributed by atoms with van der Waals surface area (Å²) in [7, 11) is 1.49. The number of hydrogen-bond donors (Lipinski definition) is 2. The van der Waals surface area contributed by atoms with Crippen molar-refractivity contribution in [3.8, 4) is 5.75 Å². The minimum Gasteiger partial charge on any atom is -0.503 e. The van der Waals surface area contributed by atoms with Gasteiger partial charge in [0.15, 0.2) is 11.4 Å². The maximum absolute atomic E-state index is 14.4. The van der Waals surface area contributed by atoms with Crippen LogP contribution in [0.2, 0.25) is 0 Å². The van der Waals surface area contributed by atoms with E-state index in [1.807, 2.05) is 6.92 Å². The molecule has 5 rings (SSSR count). The lowest BCUT2D eigenvalue weighted by molar-refractivity contribution is -0.252. The normalized spacial score (nSPS) is 27.8. The predicted molar refractivity (Wildman–Crippen MR) is 121 cm³/mol. The first-order valence-corrected chi connectivity index (χ1v) is 11.6. The molecule has 1 spiro atoms. The number of ether oxygens (including phenoxy) is 1. The van der Waals surface area contributed by atoms with Gasteiger partial charge in [0.2, 0.25) is 5.43 Å². The zero-order valence-corrected chi connectivity index (χ0v) is 19.7. The molecule has 2 saturated heterocycles. The van der Waals surface area contributed by atoms with Gasteiger partial charge in [0, 0.05) is 43.9 Å². The minimum absolute atomic E-state index is 0.0356. The standard InChI is InChI=1S/C24H26F2N4O6/c1-12-5-6-24(8-18(35-2)30(36-24)9-13-3-4-14(25)7-16(13)26)17-11-28(12)23(34)19-21(32)20(31)15(22(27)33)10-29(17)19/h3-4,7,10,12,17-18,32H,5-6,8-9,11H2,1-2H3,(H2,27,33)/t12-,17+,18?,24-/m0/s1. The SMILES string of the molecule is COC1C[C@]2(CC[C@H](C)N3C[C@H]2n2cc(C(N)=O)c(=O)c(O)c2C3=O)ON1Cc1ccc(F)cc1F. The van der Waals surface area contributed by atoms with Crippen LogP contribution >= 0.6 is 0 Å². The number of methoxy groups -OCH3 is 1. The van der Waals surface area contributed by atoms with E-state index < -0.39 is 58.1 Å². The van der Waals surface area contributed by atoms with Gasteiger partial charge in [0.1, 0.15) is 29.0 Å². The Morgan fingerprint density at radius 2 is 2.08 bits per heavy atom. The average molecular weight is 504 g/mol. The van der Waals surface area contributed by atoms with Gasteiger partial charge in [-0.3, -0.25) is 19.2 Å². The number of aromatic hydroxyl groups is 1. The second-order valence-electron chi connectivity index (χ2n) is 9.56. The number of pyridine rings is 1. The summed E-state index contributed by atoms with van der Waals surface area (Å²) in [5, 5.41) is 12.1. The van der Waals surface area contributed by atoms with Crippen molar-refractivity contribution in [1.82, 2.24) is 14.5 Å². The molecule has 1 aromatic carbocycles. The van der Waals surface area contributed by atoms with E-state index in [0.29, 0.717) is 19.3 Å². The van der Waals surface area contributed by atoms with E-state index >= 15 is 0 Å². The summed E-state index contributed by atoms with van der Waals surface area (Å²) in [5.41, 5.74) is 2.88. The zero-order valence-electron chi connectivity index (χ0n) is 19.7. The highest BCUT2D eigenvalue weighted by molar-refractivity contribution is 5.99. The fraction of sp³-hybridized carbons (Fsp3) is 0.458. The average Bonchev–Trinajstić information content (AvgIpc) is 3.13. The summed E-state index contributed by atoms with van der Waals surface area (Å²) in [4.78, 5) is 45.8. The van der Waals surface area contributed by atoms with Gasteiger partial charge in [0.25, 0.3) is 11.8 Å². The highest BCUT2D eigenvalue weighted by atomic mass is 19.1. The van der Waals surface area contributed by atoms with Crippen molar-refractivity contribution in [2.45, 2.75) is 56.6 Å². The molecule has 12 heteroatoms. The van der Waals surface area contributed by atoms with Crippen LogP contribution in [0.1, 0.15) is 58.6 Å². The second-order valence-corrected chi connectivity index (χ2v) is 9.56. The summed E-state index contributed by atoms with van der Waals surface area (Å²) >= 11 is 0. The Balaban J connectivity index is 1.61. The molecule has 2 fully saturated rings. The number of hydrogen-bond acceptors (Lipinski definition) is 7. The molecule has 10 nitrogen and oxygen atoms in total. The fourth-order valence-corrected chi connectivity index (χ4v) is 5.55. The summed E-state index contributed by atoms with van der Waals surface area (Å²) in [6, 6.07) is 2.43. The molecule has 1 aromatic heterocycles. The van der Waals surface area contributed by atoms with Crippen LogP contribution in [0.15, 0.2) is 29.2 Å². The molecule has 2 aromatic rings. The Hall–Kier alpha value is -3.35. The highest BCUT2D eigenvalue weighted by Crippen LogP contribution is 2.49. The number of amides is 2. The van der Waals surface area contributed by atoms with Crippen LogP contribution in [-0.2, 0) is 16.1 Å². The molecular weight excluding hydrogens is 478 g/mol. The van der Waals surface area contributed by atoms with Gasteiger partial charge in [-0.15, -0.1) is 0 Å². The Kier molecular flexibility index (Phi) is 5.85. The largest absolute Gasteiger partial charge is 0.503 e. The molecule has 1 unspecified atom stereocenters. The number of primary amides is 1.